The maximum atomic E-state index is 11.4. The maximum Gasteiger partial charge on any atom is 0.221 e. The number of hydrogen-bond acceptors (Lipinski definition) is 3. The van der Waals surface area contributed by atoms with E-state index in [4.69, 9.17) is 4.74 Å². The molecule has 0 unspecified atom stereocenters. The summed E-state index contributed by atoms with van der Waals surface area (Å²) >= 11 is 0. The van der Waals surface area contributed by atoms with Gasteiger partial charge in [-0.2, -0.15) is 0 Å². The van der Waals surface area contributed by atoms with E-state index in [2.05, 4.69) is 10.6 Å². The van der Waals surface area contributed by atoms with Crippen molar-refractivity contribution >= 4 is 5.91 Å². The molecular formula is C14H28N2O2. The molecule has 4 nitrogen and oxygen atoms in total. The van der Waals surface area contributed by atoms with E-state index in [1.807, 2.05) is 6.92 Å². The number of rotatable bonds is 9. The van der Waals surface area contributed by atoms with Gasteiger partial charge in [0.2, 0.25) is 5.91 Å². The topological polar surface area (TPSA) is 50.4 Å². The molecule has 4 heteroatoms. The molecule has 0 atom stereocenters. The van der Waals surface area contributed by atoms with Gasteiger partial charge in [-0.25, -0.2) is 0 Å². The molecule has 0 saturated heterocycles. The van der Waals surface area contributed by atoms with Crippen LogP contribution >= 0.6 is 0 Å². The molecule has 2 N–H and O–H groups in total. The van der Waals surface area contributed by atoms with Gasteiger partial charge in [0.15, 0.2) is 0 Å². The minimum absolute atomic E-state index is 0.133. The Labute approximate surface area is 111 Å². The third-order valence-electron chi connectivity index (χ3n) is 3.33. The molecule has 0 aromatic carbocycles. The van der Waals surface area contributed by atoms with Gasteiger partial charge in [0, 0.05) is 26.1 Å². The number of ether oxygens (including phenoxy) is 1. The number of hydrogen-bond donors (Lipinski definition) is 2. The zero-order valence-corrected chi connectivity index (χ0v) is 11.7. The van der Waals surface area contributed by atoms with E-state index in [0.29, 0.717) is 12.5 Å². The van der Waals surface area contributed by atoms with Crippen molar-refractivity contribution in [1.29, 1.82) is 0 Å². The Bertz CT molecular complexity index is 216. The smallest absolute Gasteiger partial charge is 0.221 e. The van der Waals surface area contributed by atoms with Crippen LogP contribution in [0.5, 0.6) is 0 Å². The largest absolute Gasteiger partial charge is 0.378 e. The van der Waals surface area contributed by atoms with Gasteiger partial charge in [0.05, 0.1) is 6.10 Å². The molecule has 106 valence electrons. The quantitative estimate of drug-likeness (QED) is 0.619. The molecule has 0 aliphatic heterocycles. The monoisotopic (exact) mass is 256 g/mol. The first-order valence-electron chi connectivity index (χ1n) is 7.42. The first-order valence-corrected chi connectivity index (χ1v) is 7.42. The van der Waals surface area contributed by atoms with E-state index in [0.717, 1.165) is 32.7 Å². The molecule has 0 radical (unpaired) electrons. The normalized spacial score (nSPS) is 16.7. The average Bonchev–Trinajstić information content (AvgIpc) is 2.40. The van der Waals surface area contributed by atoms with Crippen LogP contribution in [-0.2, 0) is 9.53 Å². The van der Waals surface area contributed by atoms with E-state index in [9.17, 15) is 4.79 Å². The molecule has 1 amide bonds. The molecule has 1 saturated carbocycles. The van der Waals surface area contributed by atoms with Crippen molar-refractivity contribution in [3.05, 3.63) is 0 Å². The number of carbonyl (C=O) groups excluding carboxylic acids is 1. The van der Waals surface area contributed by atoms with Crippen molar-refractivity contribution < 1.29 is 9.53 Å². The fraction of sp³-hybridized carbons (Fsp3) is 0.929. The van der Waals surface area contributed by atoms with Gasteiger partial charge in [-0.1, -0.05) is 26.2 Å². The van der Waals surface area contributed by atoms with E-state index >= 15 is 0 Å². The van der Waals surface area contributed by atoms with Crippen LogP contribution in [0.15, 0.2) is 0 Å². The van der Waals surface area contributed by atoms with Crippen molar-refractivity contribution in [3.63, 3.8) is 0 Å². The van der Waals surface area contributed by atoms with Gasteiger partial charge >= 0.3 is 0 Å². The van der Waals surface area contributed by atoms with Gasteiger partial charge in [-0.05, 0) is 25.8 Å². The van der Waals surface area contributed by atoms with Crippen LogP contribution in [0.1, 0.15) is 51.9 Å². The second-order valence-electron chi connectivity index (χ2n) is 4.94. The summed E-state index contributed by atoms with van der Waals surface area (Å²) in [7, 11) is 0. The van der Waals surface area contributed by atoms with Gasteiger partial charge in [0.25, 0.3) is 0 Å². The van der Waals surface area contributed by atoms with Crippen LogP contribution < -0.4 is 10.6 Å². The molecule has 1 fully saturated rings. The molecule has 0 aromatic rings. The Morgan fingerprint density at radius 3 is 2.72 bits per heavy atom. The van der Waals surface area contributed by atoms with Crippen molar-refractivity contribution in [2.45, 2.75) is 58.0 Å². The lowest BCUT2D eigenvalue weighted by Gasteiger charge is -2.21. The van der Waals surface area contributed by atoms with Gasteiger partial charge in [0.1, 0.15) is 0 Å². The van der Waals surface area contributed by atoms with Crippen molar-refractivity contribution in [2.75, 3.05) is 26.2 Å². The fourth-order valence-electron chi connectivity index (χ4n) is 2.25. The standard InChI is InChI=1S/C14H28N2O2/c1-2-15-11-9-14(17)16-10-6-12-18-13-7-4-3-5-8-13/h13,15H,2-12H2,1H3,(H,16,17). The molecule has 0 bridgehead atoms. The summed E-state index contributed by atoms with van der Waals surface area (Å²) in [4.78, 5) is 11.4. The molecule has 0 spiro atoms. The van der Waals surface area contributed by atoms with E-state index in [1.54, 1.807) is 0 Å². The summed E-state index contributed by atoms with van der Waals surface area (Å²) in [5.74, 6) is 0.133. The highest BCUT2D eigenvalue weighted by atomic mass is 16.5. The highest BCUT2D eigenvalue weighted by Gasteiger charge is 2.12. The second-order valence-corrected chi connectivity index (χ2v) is 4.94. The van der Waals surface area contributed by atoms with Gasteiger partial charge in [-0.3, -0.25) is 4.79 Å². The minimum atomic E-state index is 0.133. The Hall–Kier alpha value is -0.610. The molecule has 0 heterocycles. The molecule has 1 aliphatic rings. The molecule has 0 aromatic heterocycles. The van der Waals surface area contributed by atoms with Crippen molar-refractivity contribution in [1.82, 2.24) is 10.6 Å². The zero-order chi connectivity index (χ0) is 13.1. The zero-order valence-electron chi connectivity index (χ0n) is 11.7. The first-order chi connectivity index (χ1) is 8.83. The molecule has 1 rings (SSSR count). The summed E-state index contributed by atoms with van der Waals surface area (Å²) in [5, 5.41) is 6.06. The van der Waals surface area contributed by atoms with Crippen LogP contribution in [-0.4, -0.2) is 38.3 Å². The Balaban J connectivity index is 1.86. The second kappa shape index (κ2) is 10.3. The predicted octanol–water partition coefficient (Wildman–Crippen LogP) is 1.84. The summed E-state index contributed by atoms with van der Waals surface area (Å²) < 4.78 is 5.80. The van der Waals surface area contributed by atoms with Crippen LogP contribution in [0.2, 0.25) is 0 Å². The summed E-state index contributed by atoms with van der Waals surface area (Å²) in [6, 6.07) is 0. The van der Waals surface area contributed by atoms with Crippen LogP contribution in [0, 0.1) is 0 Å². The van der Waals surface area contributed by atoms with Gasteiger partial charge < -0.3 is 15.4 Å². The van der Waals surface area contributed by atoms with Crippen molar-refractivity contribution in [3.8, 4) is 0 Å². The van der Waals surface area contributed by atoms with Gasteiger partial charge in [-0.15, -0.1) is 0 Å². The highest BCUT2D eigenvalue weighted by Crippen LogP contribution is 2.20. The first kappa shape index (κ1) is 15.4. The summed E-state index contributed by atoms with van der Waals surface area (Å²) in [6.07, 6.45) is 8.38. The summed E-state index contributed by atoms with van der Waals surface area (Å²) in [5.41, 5.74) is 0. The number of amides is 1. The lowest BCUT2D eigenvalue weighted by Crippen LogP contribution is -2.29. The number of carbonyl (C=O) groups is 1. The molecular weight excluding hydrogens is 228 g/mol. The third kappa shape index (κ3) is 7.67. The Morgan fingerprint density at radius 1 is 1.22 bits per heavy atom. The van der Waals surface area contributed by atoms with Crippen LogP contribution in [0.25, 0.3) is 0 Å². The SMILES string of the molecule is CCNCCC(=O)NCCCOC1CCCCC1. The third-order valence-corrected chi connectivity index (χ3v) is 3.33. The fourth-order valence-corrected chi connectivity index (χ4v) is 2.25. The maximum absolute atomic E-state index is 11.4. The Kier molecular flexibility index (Phi) is 8.86. The minimum Gasteiger partial charge on any atom is -0.378 e. The van der Waals surface area contributed by atoms with Crippen LogP contribution in [0.4, 0.5) is 0 Å². The van der Waals surface area contributed by atoms with Crippen molar-refractivity contribution in [2.24, 2.45) is 0 Å². The van der Waals surface area contributed by atoms with E-state index in [1.165, 1.54) is 32.1 Å². The molecule has 18 heavy (non-hydrogen) atoms. The highest BCUT2D eigenvalue weighted by molar-refractivity contribution is 5.75. The predicted molar refractivity (Wildman–Crippen MR) is 73.6 cm³/mol. The number of nitrogens with one attached hydrogen (secondary N) is 2. The molecule has 1 aliphatic carbocycles. The van der Waals surface area contributed by atoms with E-state index in [-0.39, 0.29) is 5.91 Å². The average molecular weight is 256 g/mol. The van der Waals surface area contributed by atoms with Crippen LogP contribution in [0.3, 0.4) is 0 Å². The Morgan fingerprint density at radius 2 is 2.00 bits per heavy atom. The lowest BCUT2D eigenvalue weighted by molar-refractivity contribution is -0.121. The lowest BCUT2D eigenvalue weighted by atomic mass is 9.98. The summed E-state index contributed by atoms with van der Waals surface area (Å²) in [6.45, 7) is 5.24. The van der Waals surface area contributed by atoms with E-state index < -0.39 is 0 Å².